The van der Waals surface area contributed by atoms with Gasteiger partial charge in [-0.25, -0.2) is 4.79 Å². The number of unbranched alkanes of at least 4 members (excludes halogenated alkanes) is 1. The lowest BCUT2D eigenvalue weighted by Gasteiger charge is -2.31. The quantitative estimate of drug-likeness (QED) is 0.100. The first-order valence-corrected chi connectivity index (χ1v) is 11.5. The van der Waals surface area contributed by atoms with Gasteiger partial charge in [-0.05, 0) is 48.4 Å². The number of methoxy groups -OCH3 is 1. The molecule has 0 radical (unpaired) electrons. The first-order chi connectivity index (χ1) is 16.7. The lowest BCUT2D eigenvalue weighted by atomic mass is 9.85. The number of esters is 1. The number of nitrogens with one attached hydrogen (secondary N) is 2. The molecule has 1 aliphatic rings. The average Bonchev–Trinajstić information content (AvgIpc) is 2.79. The van der Waals surface area contributed by atoms with Crippen LogP contribution < -0.4 is 21.1 Å². The third-order valence-electron chi connectivity index (χ3n) is 5.43. The van der Waals surface area contributed by atoms with Crippen LogP contribution in [0, 0.1) is 0 Å². The third-order valence-corrected chi connectivity index (χ3v) is 5.74. The fraction of sp³-hybridized carbons (Fsp3) is 0.522. The number of rotatable bonds is 8. The monoisotopic (exact) mass is 534 g/mol. The number of ether oxygens (including phenoxy) is 2. The lowest BCUT2D eigenvalue weighted by molar-refractivity contribution is -0.185. The molecule has 1 aromatic carbocycles. The molecule has 200 valence electrons. The topological polar surface area (TPSA) is 135 Å². The van der Waals surface area contributed by atoms with Gasteiger partial charge in [0.05, 0.1) is 12.7 Å². The molecule has 0 bridgehead atoms. The van der Waals surface area contributed by atoms with Gasteiger partial charge in [-0.15, -0.1) is 0 Å². The zero-order valence-electron chi connectivity index (χ0n) is 20.3. The van der Waals surface area contributed by atoms with Gasteiger partial charge in [-0.3, -0.25) is 4.79 Å². The number of alkyl halides is 3. The number of benzene rings is 1. The van der Waals surface area contributed by atoms with Crippen molar-refractivity contribution in [1.29, 1.82) is 0 Å². The van der Waals surface area contributed by atoms with Gasteiger partial charge in [0.1, 0.15) is 11.8 Å². The number of oxime groups is 1. The molecule has 0 spiro atoms. The Morgan fingerprint density at radius 3 is 2.50 bits per heavy atom. The summed E-state index contributed by atoms with van der Waals surface area (Å²) in [5, 5.41) is 16.5. The molecule has 13 heteroatoms. The summed E-state index contributed by atoms with van der Waals surface area (Å²) in [6, 6.07) is 1.69. The number of halogens is 4. The molecule has 0 saturated heterocycles. The van der Waals surface area contributed by atoms with E-state index in [4.69, 9.17) is 32.0 Å². The van der Waals surface area contributed by atoms with Gasteiger partial charge >= 0.3 is 12.1 Å². The Bertz CT molecular complexity index is 1040. The molecule has 0 aliphatic carbocycles. The highest BCUT2D eigenvalue weighted by atomic mass is 35.5. The molecule has 0 fully saturated rings. The van der Waals surface area contributed by atoms with Gasteiger partial charge in [-0.2, -0.15) is 13.2 Å². The highest BCUT2D eigenvalue weighted by Gasteiger charge is 2.48. The summed E-state index contributed by atoms with van der Waals surface area (Å²) in [5.41, 5.74) is 4.93. The summed E-state index contributed by atoms with van der Waals surface area (Å²) in [6.45, 7) is 5.88. The first-order valence-electron chi connectivity index (χ1n) is 11.1. The Morgan fingerprint density at radius 1 is 1.28 bits per heavy atom. The van der Waals surface area contributed by atoms with Crippen LogP contribution in [0.5, 0.6) is 5.75 Å². The minimum absolute atomic E-state index is 0.0501. The second-order valence-electron chi connectivity index (χ2n) is 9.22. The number of fused-ring (bicyclic) bond motifs is 1. The molecule has 0 unspecified atom stereocenters. The van der Waals surface area contributed by atoms with Gasteiger partial charge in [-0.1, -0.05) is 37.5 Å². The van der Waals surface area contributed by atoms with Crippen LogP contribution in [-0.2, 0) is 19.7 Å². The van der Waals surface area contributed by atoms with Crippen LogP contribution in [0.15, 0.2) is 22.9 Å². The molecule has 1 aliphatic heterocycles. The van der Waals surface area contributed by atoms with Crippen molar-refractivity contribution in [2.45, 2.75) is 63.8 Å². The van der Waals surface area contributed by atoms with Crippen LogP contribution in [0.3, 0.4) is 0 Å². The largest absolute Gasteiger partial charge is 0.475 e. The highest BCUT2D eigenvalue weighted by Crippen LogP contribution is 2.42. The number of guanidine groups is 1. The fourth-order valence-electron chi connectivity index (χ4n) is 3.58. The number of hydrogen-bond acceptors (Lipinski definition) is 6. The molecule has 0 aromatic heterocycles. The highest BCUT2D eigenvalue weighted by molar-refractivity contribution is 6.31. The van der Waals surface area contributed by atoms with E-state index >= 15 is 0 Å². The van der Waals surface area contributed by atoms with Crippen molar-refractivity contribution in [3.8, 4) is 5.75 Å². The van der Waals surface area contributed by atoms with Crippen LogP contribution >= 0.6 is 11.6 Å². The van der Waals surface area contributed by atoms with Gasteiger partial charge in [0.2, 0.25) is 12.1 Å². The van der Waals surface area contributed by atoms with Crippen molar-refractivity contribution < 1.29 is 37.4 Å². The maximum absolute atomic E-state index is 13.9. The van der Waals surface area contributed by atoms with Crippen molar-refractivity contribution >= 4 is 35.5 Å². The maximum atomic E-state index is 13.9. The number of carbonyl (C=O) groups is 2. The molecule has 9 nitrogen and oxygen atoms in total. The second-order valence-corrected chi connectivity index (χ2v) is 9.62. The smallest absolute Gasteiger partial charge is 0.429 e. The van der Waals surface area contributed by atoms with Crippen molar-refractivity contribution in [3.05, 3.63) is 33.9 Å². The minimum atomic E-state index is -4.90. The fourth-order valence-corrected chi connectivity index (χ4v) is 4.03. The predicted octanol–water partition coefficient (Wildman–Crippen LogP) is 3.47. The summed E-state index contributed by atoms with van der Waals surface area (Å²) in [5.74, 6) is -2.17. The van der Waals surface area contributed by atoms with E-state index in [9.17, 15) is 22.8 Å². The van der Waals surface area contributed by atoms with E-state index in [-0.39, 0.29) is 23.7 Å². The van der Waals surface area contributed by atoms with E-state index in [2.05, 4.69) is 15.8 Å². The third kappa shape index (κ3) is 7.42. The Hall–Kier alpha value is -3.15. The van der Waals surface area contributed by atoms with E-state index < -0.39 is 41.2 Å². The molecular formula is C23H30ClF3N4O5. The summed E-state index contributed by atoms with van der Waals surface area (Å²) in [6.07, 6.45) is -5.46. The van der Waals surface area contributed by atoms with Gasteiger partial charge in [0.15, 0.2) is 0 Å². The molecule has 5 N–H and O–H groups in total. The molecular weight excluding hydrogens is 505 g/mol. The van der Waals surface area contributed by atoms with Crippen LogP contribution in [0.25, 0.3) is 6.08 Å². The minimum Gasteiger partial charge on any atom is -0.475 e. The van der Waals surface area contributed by atoms with Crippen LogP contribution in [0.2, 0.25) is 5.02 Å². The number of amides is 1. The first kappa shape index (κ1) is 29.1. The van der Waals surface area contributed by atoms with Crippen LogP contribution in [-0.4, -0.2) is 55.0 Å². The van der Waals surface area contributed by atoms with Crippen LogP contribution in [0.4, 0.5) is 13.2 Å². The average molecular weight is 535 g/mol. The molecule has 2 atom stereocenters. The number of carbonyl (C=O) groups excluding carboxylic acids is 2. The number of nitrogens with zero attached hydrogens (tertiary/aromatic N) is 1. The Balaban J connectivity index is 2.29. The van der Waals surface area contributed by atoms with E-state index in [1.54, 1.807) is 0 Å². The van der Waals surface area contributed by atoms with E-state index in [0.29, 0.717) is 30.0 Å². The Labute approximate surface area is 211 Å². The number of nitrogens with two attached hydrogens (primary N) is 1. The summed E-state index contributed by atoms with van der Waals surface area (Å²) < 4.78 is 51.6. The molecule has 1 aromatic rings. The molecule has 1 heterocycles. The Kier molecular flexibility index (Phi) is 9.47. The second kappa shape index (κ2) is 11.7. The van der Waals surface area contributed by atoms with Gasteiger partial charge in [0, 0.05) is 17.1 Å². The van der Waals surface area contributed by atoms with Crippen molar-refractivity contribution in [3.63, 3.8) is 0 Å². The number of hydrogen-bond donors (Lipinski definition) is 4. The lowest BCUT2D eigenvalue weighted by Crippen LogP contribution is -2.48. The van der Waals surface area contributed by atoms with Crippen molar-refractivity contribution in [2.75, 3.05) is 13.7 Å². The SMILES string of the molecule is COC(=O)[C@H](CCCCNC(N)=NO)NC(=O)C1=Cc2cc(Cl)c(C(C)(C)C)cc2O[C@@H]1C(F)(F)F. The zero-order chi connectivity index (χ0) is 27.3. The molecule has 2 rings (SSSR count). The standard InChI is InChI=1S/C23H30ClF3N4O5/c1-22(2,3)14-11-17-12(10-15(14)24)9-13(18(36-17)23(25,26)27)19(32)30-16(20(33)35-4)7-5-6-8-29-21(28)31-34/h9-11,16,18,34H,5-8H2,1-4H3,(H,30,32)(H3,28,29,31)/t16-,18-/m0/s1. The molecule has 36 heavy (non-hydrogen) atoms. The Morgan fingerprint density at radius 2 is 1.94 bits per heavy atom. The summed E-state index contributed by atoms with van der Waals surface area (Å²) >= 11 is 6.35. The maximum Gasteiger partial charge on any atom is 0.429 e. The molecule has 0 saturated carbocycles. The summed E-state index contributed by atoms with van der Waals surface area (Å²) in [7, 11) is 1.11. The van der Waals surface area contributed by atoms with E-state index in [1.807, 2.05) is 20.8 Å². The predicted molar refractivity (Wildman–Crippen MR) is 128 cm³/mol. The van der Waals surface area contributed by atoms with Gasteiger partial charge < -0.3 is 31.0 Å². The van der Waals surface area contributed by atoms with Crippen molar-refractivity contribution in [2.24, 2.45) is 10.9 Å². The van der Waals surface area contributed by atoms with Gasteiger partial charge in [0.25, 0.3) is 5.91 Å². The van der Waals surface area contributed by atoms with E-state index in [0.717, 1.165) is 13.2 Å². The van der Waals surface area contributed by atoms with Crippen LogP contribution in [0.1, 0.15) is 51.2 Å². The molecule has 1 amide bonds. The van der Waals surface area contributed by atoms with E-state index in [1.165, 1.54) is 12.1 Å². The summed E-state index contributed by atoms with van der Waals surface area (Å²) in [4.78, 5) is 25.1. The normalized spacial score (nSPS) is 16.8. The van der Waals surface area contributed by atoms with Crippen molar-refractivity contribution in [1.82, 2.24) is 10.6 Å². The zero-order valence-corrected chi connectivity index (χ0v) is 21.1.